The van der Waals surface area contributed by atoms with Crippen molar-refractivity contribution in [2.24, 2.45) is 0 Å². The SMILES string of the molecule is CCNc1ccccc1S(=O)(=O)NC1CCC(SC)CC1. The molecule has 0 saturated heterocycles. The Hall–Kier alpha value is -0.720. The third kappa shape index (κ3) is 4.37. The summed E-state index contributed by atoms with van der Waals surface area (Å²) >= 11 is 1.88. The lowest BCUT2D eigenvalue weighted by Crippen LogP contribution is -2.38. The molecule has 0 unspecified atom stereocenters. The number of hydrogen-bond donors (Lipinski definition) is 2. The lowest BCUT2D eigenvalue weighted by atomic mass is 9.96. The van der Waals surface area contributed by atoms with Crippen molar-refractivity contribution >= 4 is 27.5 Å². The minimum absolute atomic E-state index is 0.0630. The lowest BCUT2D eigenvalue weighted by molar-refractivity contribution is 0.420. The summed E-state index contributed by atoms with van der Waals surface area (Å²) in [7, 11) is -3.46. The van der Waals surface area contributed by atoms with E-state index in [0.717, 1.165) is 25.7 Å². The standard InChI is InChI=1S/C15H24N2O2S2/c1-3-16-14-6-4-5-7-15(14)21(18,19)17-12-8-10-13(20-2)11-9-12/h4-7,12-13,16-17H,3,8-11H2,1-2H3. The Kier molecular flexibility index (Phi) is 5.96. The molecule has 1 aromatic carbocycles. The van der Waals surface area contributed by atoms with Crippen LogP contribution in [0.15, 0.2) is 29.2 Å². The first kappa shape index (κ1) is 16.6. The van der Waals surface area contributed by atoms with E-state index in [9.17, 15) is 8.42 Å². The van der Waals surface area contributed by atoms with Crippen LogP contribution in [-0.4, -0.2) is 32.5 Å². The minimum Gasteiger partial charge on any atom is -0.384 e. The predicted molar refractivity (Wildman–Crippen MR) is 90.5 cm³/mol. The zero-order valence-corrected chi connectivity index (χ0v) is 14.3. The average Bonchev–Trinajstić information content (AvgIpc) is 2.48. The van der Waals surface area contributed by atoms with Crippen LogP contribution in [0, 0.1) is 0 Å². The maximum Gasteiger partial charge on any atom is 0.242 e. The number of rotatable bonds is 6. The van der Waals surface area contributed by atoms with Gasteiger partial charge in [0.2, 0.25) is 10.0 Å². The summed E-state index contributed by atoms with van der Waals surface area (Å²) in [6.45, 7) is 2.66. The lowest BCUT2D eigenvalue weighted by Gasteiger charge is -2.28. The van der Waals surface area contributed by atoms with Crippen LogP contribution < -0.4 is 10.0 Å². The quantitative estimate of drug-likeness (QED) is 0.842. The van der Waals surface area contributed by atoms with E-state index in [-0.39, 0.29) is 6.04 Å². The first-order chi connectivity index (χ1) is 10.1. The molecule has 4 nitrogen and oxygen atoms in total. The van der Waals surface area contributed by atoms with Crippen LogP contribution in [0.4, 0.5) is 5.69 Å². The number of thioether (sulfide) groups is 1. The van der Waals surface area contributed by atoms with E-state index in [0.29, 0.717) is 22.4 Å². The molecular formula is C15H24N2O2S2. The summed E-state index contributed by atoms with van der Waals surface area (Å²) in [4.78, 5) is 0.346. The first-order valence-corrected chi connectivity index (χ1v) is 10.2. The molecule has 0 bridgehead atoms. The molecule has 6 heteroatoms. The molecule has 2 N–H and O–H groups in total. The maximum absolute atomic E-state index is 12.6. The fourth-order valence-corrected chi connectivity index (χ4v) is 4.97. The predicted octanol–water partition coefficient (Wildman–Crippen LogP) is 3.07. The van der Waals surface area contributed by atoms with Crippen LogP contribution in [0.25, 0.3) is 0 Å². The second kappa shape index (κ2) is 7.51. The van der Waals surface area contributed by atoms with Gasteiger partial charge in [-0.05, 0) is 51.0 Å². The highest BCUT2D eigenvalue weighted by Gasteiger charge is 2.26. The van der Waals surface area contributed by atoms with Gasteiger partial charge in [-0.25, -0.2) is 13.1 Å². The van der Waals surface area contributed by atoms with Crippen LogP contribution in [-0.2, 0) is 10.0 Å². The summed E-state index contributed by atoms with van der Waals surface area (Å²) in [5, 5.41) is 3.79. The molecule has 1 aliphatic carbocycles. The summed E-state index contributed by atoms with van der Waals surface area (Å²) in [6, 6.07) is 7.14. The van der Waals surface area contributed by atoms with Crippen LogP contribution in [0.3, 0.4) is 0 Å². The molecule has 1 aliphatic rings. The molecule has 0 amide bonds. The van der Waals surface area contributed by atoms with Crippen molar-refractivity contribution in [3.63, 3.8) is 0 Å². The molecule has 0 radical (unpaired) electrons. The van der Waals surface area contributed by atoms with Gasteiger partial charge in [0.25, 0.3) is 0 Å². The molecule has 1 aromatic rings. The fraction of sp³-hybridized carbons (Fsp3) is 0.600. The normalized spacial score (nSPS) is 23.0. The van der Waals surface area contributed by atoms with Crippen molar-refractivity contribution in [3.05, 3.63) is 24.3 Å². The summed E-state index contributed by atoms with van der Waals surface area (Å²) < 4.78 is 28.1. The number of sulfonamides is 1. The molecule has 0 spiro atoms. The molecule has 1 fully saturated rings. The third-order valence-electron chi connectivity index (χ3n) is 3.87. The van der Waals surface area contributed by atoms with E-state index in [1.165, 1.54) is 0 Å². The number of para-hydroxylation sites is 1. The van der Waals surface area contributed by atoms with E-state index >= 15 is 0 Å². The van der Waals surface area contributed by atoms with Gasteiger partial charge in [-0.15, -0.1) is 0 Å². The molecule has 1 saturated carbocycles. The molecule has 21 heavy (non-hydrogen) atoms. The Balaban J connectivity index is 2.09. The van der Waals surface area contributed by atoms with E-state index < -0.39 is 10.0 Å². The van der Waals surface area contributed by atoms with Gasteiger partial charge >= 0.3 is 0 Å². The van der Waals surface area contributed by atoms with Gasteiger partial charge in [0, 0.05) is 17.8 Å². The van der Waals surface area contributed by atoms with Crippen molar-refractivity contribution in [3.8, 4) is 0 Å². The topological polar surface area (TPSA) is 58.2 Å². The highest BCUT2D eigenvalue weighted by molar-refractivity contribution is 7.99. The second-order valence-electron chi connectivity index (χ2n) is 5.36. The van der Waals surface area contributed by atoms with E-state index in [1.54, 1.807) is 12.1 Å². The first-order valence-electron chi connectivity index (χ1n) is 7.45. The van der Waals surface area contributed by atoms with Crippen LogP contribution in [0.5, 0.6) is 0 Å². The zero-order chi connectivity index (χ0) is 15.3. The monoisotopic (exact) mass is 328 g/mol. The van der Waals surface area contributed by atoms with Crippen molar-refractivity contribution in [1.29, 1.82) is 0 Å². The third-order valence-corrected chi connectivity index (χ3v) is 6.59. The number of benzene rings is 1. The van der Waals surface area contributed by atoms with Crippen molar-refractivity contribution in [1.82, 2.24) is 4.72 Å². The highest BCUT2D eigenvalue weighted by Crippen LogP contribution is 2.28. The van der Waals surface area contributed by atoms with Crippen LogP contribution in [0.2, 0.25) is 0 Å². The molecule has 0 heterocycles. The summed E-state index contributed by atoms with van der Waals surface area (Å²) in [6.07, 6.45) is 6.15. The van der Waals surface area contributed by atoms with Gasteiger partial charge in [-0.2, -0.15) is 11.8 Å². The largest absolute Gasteiger partial charge is 0.384 e. The zero-order valence-electron chi connectivity index (χ0n) is 12.6. The van der Waals surface area contributed by atoms with E-state index in [4.69, 9.17) is 0 Å². The molecule has 2 rings (SSSR count). The molecule has 0 aliphatic heterocycles. The van der Waals surface area contributed by atoms with Gasteiger partial charge in [0.1, 0.15) is 4.90 Å². The molecular weight excluding hydrogens is 304 g/mol. The highest BCUT2D eigenvalue weighted by atomic mass is 32.2. The molecule has 0 aromatic heterocycles. The Morgan fingerprint density at radius 1 is 1.19 bits per heavy atom. The van der Waals surface area contributed by atoms with Crippen molar-refractivity contribution in [2.45, 2.75) is 48.8 Å². The number of hydrogen-bond acceptors (Lipinski definition) is 4. The maximum atomic E-state index is 12.6. The van der Waals surface area contributed by atoms with Gasteiger partial charge in [0.05, 0.1) is 5.69 Å². The molecule has 0 atom stereocenters. The van der Waals surface area contributed by atoms with E-state index in [1.807, 2.05) is 30.8 Å². The number of nitrogens with one attached hydrogen (secondary N) is 2. The van der Waals surface area contributed by atoms with Gasteiger partial charge in [0.15, 0.2) is 0 Å². The van der Waals surface area contributed by atoms with Crippen LogP contribution in [0.1, 0.15) is 32.6 Å². The van der Waals surface area contributed by atoms with Crippen molar-refractivity contribution in [2.75, 3.05) is 18.1 Å². The van der Waals surface area contributed by atoms with Crippen LogP contribution >= 0.6 is 11.8 Å². The van der Waals surface area contributed by atoms with Crippen molar-refractivity contribution < 1.29 is 8.42 Å². The Bertz CT molecular complexity index is 553. The smallest absolute Gasteiger partial charge is 0.242 e. The Labute approximate surface area is 132 Å². The average molecular weight is 329 g/mol. The summed E-state index contributed by atoms with van der Waals surface area (Å²) in [5.41, 5.74) is 0.672. The summed E-state index contributed by atoms with van der Waals surface area (Å²) in [5.74, 6) is 0. The number of anilines is 1. The van der Waals surface area contributed by atoms with Gasteiger partial charge < -0.3 is 5.32 Å². The minimum atomic E-state index is -3.46. The second-order valence-corrected chi connectivity index (χ2v) is 8.18. The Morgan fingerprint density at radius 3 is 2.48 bits per heavy atom. The van der Waals surface area contributed by atoms with E-state index in [2.05, 4.69) is 16.3 Å². The molecule has 118 valence electrons. The van der Waals surface area contributed by atoms with Gasteiger partial charge in [-0.3, -0.25) is 0 Å². The van der Waals surface area contributed by atoms with Gasteiger partial charge in [-0.1, -0.05) is 12.1 Å². The fourth-order valence-electron chi connectivity index (χ4n) is 2.74. The Morgan fingerprint density at radius 2 is 1.86 bits per heavy atom.